The molecule has 0 fully saturated rings. The summed E-state index contributed by atoms with van der Waals surface area (Å²) in [6.45, 7) is 2.06. The van der Waals surface area contributed by atoms with Gasteiger partial charge < -0.3 is 14.5 Å². The molecule has 0 amide bonds. The number of hydrogen-bond donors (Lipinski definition) is 1. The van der Waals surface area contributed by atoms with Crippen LogP contribution in [0.15, 0.2) is 36.4 Å². The fraction of sp³-hybridized carbons (Fsp3) is 0.188. The van der Waals surface area contributed by atoms with Crippen molar-refractivity contribution >= 4 is 11.0 Å². The molecule has 2 aromatic carbocycles. The Labute approximate surface area is 117 Å². The predicted octanol–water partition coefficient (Wildman–Crippen LogP) is 3.56. The van der Waals surface area contributed by atoms with E-state index in [1.807, 2.05) is 24.3 Å². The smallest absolute Gasteiger partial charge is 0.138 e. The molecule has 1 N–H and O–H groups in total. The van der Waals surface area contributed by atoms with E-state index in [2.05, 4.69) is 29.0 Å². The number of nitrogens with one attached hydrogen (secondary N) is 1. The zero-order valence-electron chi connectivity index (χ0n) is 11.7. The summed E-state index contributed by atoms with van der Waals surface area (Å²) in [4.78, 5) is 7.94. The molecule has 0 saturated carbocycles. The normalized spacial score (nSPS) is 10.8. The Balaban J connectivity index is 2.14. The van der Waals surface area contributed by atoms with E-state index in [4.69, 9.17) is 9.47 Å². The molecule has 102 valence electrons. The lowest BCUT2D eigenvalue weighted by molar-refractivity contribution is 0.394. The summed E-state index contributed by atoms with van der Waals surface area (Å²) in [7, 11) is 3.28. The van der Waals surface area contributed by atoms with Crippen molar-refractivity contribution in [1.82, 2.24) is 9.97 Å². The van der Waals surface area contributed by atoms with Crippen molar-refractivity contribution in [2.24, 2.45) is 0 Å². The summed E-state index contributed by atoms with van der Waals surface area (Å²) < 4.78 is 10.6. The molecule has 0 bridgehead atoms. The van der Waals surface area contributed by atoms with E-state index in [0.29, 0.717) is 0 Å². The first-order chi connectivity index (χ1) is 9.69. The average Bonchev–Trinajstić information content (AvgIpc) is 2.89. The highest BCUT2D eigenvalue weighted by Gasteiger charge is 2.09. The molecule has 1 aromatic heterocycles. The fourth-order valence-electron chi connectivity index (χ4n) is 2.20. The molecule has 20 heavy (non-hydrogen) atoms. The average molecular weight is 268 g/mol. The number of aryl methyl sites for hydroxylation is 1. The van der Waals surface area contributed by atoms with Crippen LogP contribution in [0.2, 0.25) is 0 Å². The van der Waals surface area contributed by atoms with E-state index in [1.165, 1.54) is 5.56 Å². The highest BCUT2D eigenvalue weighted by atomic mass is 16.5. The van der Waals surface area contributed by atoms with Gasteiger partial charge in [0, 0.05) is 11.6 Å². The topological polar surface area (TPSA) is 47.1 Å². The lowest BCUT2D eigenvalue weighted by Crippen LogP contribution is -1.89. The maximum atomic E-state index is 5.29. The second-order valence-corrected chi connectivity index (χ2v) is 4.71. The lowest BCUT2D eigenvalue weighted by Gasteiger charge is -2.06. The Morgan fingerprint density at radius 3 is 2.30 bits per heavy atom. The first kappa shape index (κ1) is 12.5. The molecule has 1 heterocycles. The Morgan fingerprint density at radius 2 is 1.65 bits per heavy atom. The van der Waals surface area contributed by atoms with E-state index < -0.39 is 0 Å². The summed E-state index contributed by atoms with van der Waals surface area (Å²) in [6.07, 6.45) is 0. The van der Waals surface area contributed by atoms with Gasteiger partial charge in [0.25, 0.3) is 0 Å². The number of nitrogens with zero attached hydrogens (tertiary/aromatic N) is 1. The third kappa shape index (κ3) is 2.20. The molecule has 0 unspecified atom stereocenters. The highest BCUT2D eigenvalue weighted by molar-refractivity contribution is 5.80. The zero-order valence-corrected chi connectivity index (χ0v) is 11.7. The summed E-state index contributed by atoms with van der Waals surface area (Å²) in [5.74, 6) is 2.30. The van der Waals surface area contributed by atoms with E-state index in [9.17, 15) is 0 Å². The number of imidazole rings is 1. The van der Waals surface area contributed by atoms with Crippen LogP contribution in [0.1, 0.15) is 5.56 Å². The minimum atomic E-state index is 0.746. The van der Waals surface area contributed by atoms with Crippen LogP contribution < -0.4 is 9.47 Å². The molecule has 3 rings (SSSR count). The molecular formula is C16H16N2O2. The Hall–Kier alpha value is -2.49. The van der Waals surface area contributed by atoms with E-state index in [1.54, 1.807) is 14.2 Å². The van der Waals surface area contributed by atoms with Crippen molar-refractivity contribution in [3.63, 3.8) is 0 Å². The second kappa shape index (κ2) is 4.89. The largest absolute Gasteiger partial charge is 0.497 e. The monoisotopic (exact) mass is 268 g/mol. The molecule has 4 nitrogen and oxygen atoms in total. The molecular weight excluding hydrogens is 252 g/mol. The minimum Gasteiger partial charge on any atom is -0.497 e. The van der Waals surface area contributed by atoms with Crippen molar-refractivity contribution in [3.8, 4) is 22.9 Å². The SMILES string of the molecule is COc1cc(OC)cc(-c2nc3ccc(C)cc3[nH]2)c1. The van der Waals surface area contributed by atoms with Gasteiger partial charge in [-0.1, -0.05) is 6.07 Å². The van der Waals surface area contributed by atoms with Gasteiger partial charge in [0.1, 0.15) is 17.3 Å². The quantitative estimate of drug-likeness (QED) is 0.790. The number of ether oxygens (including phenoxy) is 2. The molecule has 3 aromatic rings. The minimum absolute atomic E-state index is 0.746. The van der Waals surface area contributed by atoms with Crippen molar-refractivity contribution in [2.75, 3.05) is 14.2 Å². The number of aromatic amines is 1. The maximum Gasteiger partial charge on any atom is 0.138 e. The van der Waals surface area contributed by atoms with Crippen LogP contribution in [0.5, 0.6) is 11.5 Å². The predicted molar refractivity (Wildman–Crippen MR) is 79.4 cm³/mol. The van der Waals surface area contributed by atoms with Gasteiger partial charge >= 0.3 is 0 Å². The number of benzene rings is 2. The van der Waals surface area contributed by atoms with Crippen molar-refractivity contribution < 1.29 is 9.47 Å². The fourth-order valence-corrected chi connectivity index (χ4v) is 2.20. The summed E-state index contributed by atoms with van der Waals surface area (Å²) in [6, 6.07) is 11.9. The maximum absolute atomic E-state index is 5.29. The molecule has 0 atom stereocenters. The number of hydrogen-bond acceptors (Lipinski definition) is 3. The van der Waals surface area contributed by atoms with Crippen LogP contribution in [0, 0.1) is 6.92 Å². The van der Waals surface area contributed by atoms with Gasteiger partial charge in [0.05, 0.1) is 25.3 Å². The van der Waals surface area contributed by atoms with Gasteiger partial charge in [0.15, 0.2) is 0 Å². The van der Waals surface area contributed by atoms with Crippen LogP contribution in [0.25, 0.3) is 22.4 Å². The summed E-state index contributed by atoms with van der Waals surface area (Å²) in [5, 5.41) is 0. The van der Waals surface area contributed by atoms with Gasteiger partial charge in [-0.2, -0.15) is 0 Å². The number of fused-ring (bicyclic) bond motifs is 1. The van der Waals surface area contributed by atoms with E-state index in [0.717, 1.165) is 33.9 Å². The molecule has 0 spiro atoms. The van der Waals surface area contributed by atoms with Crippen LogP contribution >= 0.6 is 0 Å². The molecule has 0 radical (unpaired) electrons. The molecule has 0 aliphatic rings. The number of H-pyrrole nitrogens is 1. The van der Waals surface area contributed by atoms with E-state index in [-0.39, 0.29) is 0 Å². The van der Waals surface area contributed by atoms with Gasteiger partial charge in [-0.25, -0.2) is 4.98 Å². The summed E-state index contributed by atoms with van der Waals surface area (Å²) >= 11 is 0. The van der Waals surface area contributed by atoms with Crippen LogP contribution in [0.4, 0.5) is 0 Å². The Bertz CT molecular complexity index is 740. The first-order valence-corrected chi connectivity index (χ1v) is 6.39. The number of rotatable bonds is 3. The molecule has 0 aliphatic carbocycles. The van der Waals surface area contributed by atoms with Crippen molar-refractivity contribution in [3.05, 3.63) is 42.0 Å². The molecule has 4 heteroatoms. The summed E-state index contributed by atoms with van der Waals surface area (Å²) in [5.41, 5.74) is 4.13. The van der Waals surface area contributed by atoms with Gasteiger partial charge in [0.2, 0.25) is 0 Å². The van der Waals surface area contributed by atoms with Crippen LogP contribution in [-0.2, 0) is 0 Å². The van der Waals surface area contributed by atoms with Crippen molar-refractivity contribution in [2.45, 2.75) is 6.92 Å². The zero-order chi connectivity index (χ0) is 14.1. The second-order valence-electron chi connectivity index (χ2n) is 4.71. The third-order valence-corrected chi connectivity index (χ3v) is 3.26. The third-order valence-electron chi connectivity index (χ3n) is 3.26. The molecule has 0 aliphatic heterocycles. The number of aromatic nitrogens is 2. The standard InChI is InChI=1S/C16H16N2O2/c1-10-4-5-14-15(6-10)18-16(17-14)11-7-12(19-2)9-13(8-11)20-3/h4-9H,1-3H3,(H,17,18). The van der Waals surface area contributed by atoms with Crippen LogP contribution in [0.3, 0.4) is 0 Å². The van der Waals surface area contributed by atoms with Crippen molar-refractivity contribution in [1.29, 1.82) is 0 Å². The first-order valence-electron chi connectivity index (χ1n) is 6.39. The highest BCUT2D eigenvalue weighted by Crippen LogP contribution is 2.29. The van der Waals surface area contributed by atoms with Gasteiger partial charge in [-0.3, -0.25) is 0 Å². The van der Waals surface area contributed by atoms with Crippen LogP contribution in [-0.4, -0.2) is 24.2 Å². The number of methoxy groups -OCH3 is 2. The van der Waals surface area contributed by atoms with Gasteiger partial charge in [-0.15, -0.1) is 0 Å². The van der Waals surface area contributed by atoms with E-state index >= 15 is 0 Å². The Morgan fingerprint density at radius 1 is 0.950 bits per heavy atom. The molecule has 0 saturated heterocycles. The lowest BCUT2D eigenvalue weighted by atomic mass is 10.2. The van der Waals surface area contributed by atoms with Gasteiger partial charge in [-0.05, 0) is 36.8 Å². The Kier molecular flexibility index (Phi) is 3.06.